The van der Waals surface area contributed by atoms with Crippen molar-refractivity contribution >= 4 is 28.0 Å². The lowest BCUT2D eigenvalue weighted by molar-refractivity contribution is -0.134. The summed E-state index contributed by atoms with van der Waals surface area (Å²) < 4.78 is 220. The van der Waals surface area contributed by atoms with Crippen LogP contribution in [0.4, 0.5) is 0 Å². The van der Waals surface area contributed by atoms with Crippen LogP contribution < -0.4 is 21.2 Å². The Morgan fingerprint density at radius 3 is 2.68 bits per heavy atom. The number of carbonyl (C=O) groups excluding carboxylic acids is 2. The maximum atomic E-state index is 12.9. The highest BCUT2D eigenvalue weighted by atomic mass is 32.2. The molecule has 11 heteroatoms. The average molecular weight is 442 g/mol. The fraction of sp³-hybridized carbons (Fsp3) is 0.471. The first-order valence-electron chi connectivity index (χ1n) is 18.0. The first-order valence-corrected chi connectivity index (χ1v) is 8.09. The monoisotopic (exact) mass is 441 g/mol. The molecule has 0 aliphatic heterocycles. The van der Waals surface area contributed by atoms with Crippen LogP contribution in [0.5, 0.6) is 5.75 Å². The van der Waals surface area contributed by atoms with Gasteiger partial charge in [0.05, 0.1) is 39.7 Å². The molecule has 28 heavy (non-hydrogen) atoms. The third-order valence-corrected chi connectivity index (χ3v) is 1.65. The molecule has 10 nitrogen and oxygen atoms in total. The van der Waals surface area contributed by atoms with Gasteiger partial charge in [0, 0.05) is 27.7 Å². The van der Waals surface area contributed by atoms with Crippen molar-refractivity contribution in [2.24, 2.45) is 5.72 Å². The first-order chi connectivity index (χ1) is 22.6. The lowest BCUT2D eigenvalue weighted by atomic mass is 10.2. The molecule has 0 aliphatic rings. The minimum atomic E-state index is -4.57. The molecule has 0 aliphatic carbocycles. The van der Waals surface area contributed by atoms with Crippen LogP contribution in [0.3, 0.4) is 0 Å². The molecular weight excluding hydrogens is 390 g/mol. The van der Waals surface area contributed by atoms with Crippen LogP contribution in [0.2, 0.25) is 7.06 Å². The summed E-state index contributed by atoms with van der Waals surface area (Å²) >= 11 is 0. The van der Waals surface area contributed by atoms with Gasteiger partial charge in [0.1, 0.15) is 5.75 Å². The van der Waals surface area contributed by atoms with E-state index in [4.69, 9.17) is 46.1 Å². The number of nitrogens with two attached hydrogens (primary N) is 2. The maximum absolute atomic E-state index is 12.9. The SMILES string of the molecule is CS(=O)(=O)[O-].[2H]c1c([2H])c(C(=O)OC([2H])([2H])C([2H])([2H])[2H])c([2H])c([2H])c1OC(=O)C([2H])([2H])C([2H])([2H])C([2H])([2H])C([2H])([2H])C([2H])([2H])N([2H])C(N([2H])[2H])=[N+]([2H])[2H]. The smallest absolute Gasteiger partial charge is 0.338 e. The molecule has 0 spiro atoms. The van der Waals surface area contributed by atoms with Crippen LogP contribution >= 0.6 is 0 Å². The van der Waals surface area contributed by atoms with Gasteiger partial charge in [-0.25, -0.2) is 13.2 Å². The number of rotatable bonds is 9. The third-order valence-electron chi connectivity index (χ3n) is 1.65. The second-order valence-corrected chi connectivity index (χ2v) is 5.22. The van der Waals surface area contributed by atoms with E-state index >= 15 is 0 Å². The number of benzene rings is 1. The highest BCUT2D eigenvalue weighted by Gasteiger charge is 2.08. The van der Waals surface area contributed by atoms with Crippen LogP contribution in [0, 0.1) is 0 Å². The molecule has 1 aromatic rings. The van der Waals surface area contributed by atoms with E-state index in [0.717, 1.165) is 0 Å². The topological polar surface area (TPSA) is 173 Å². The van der Waals surface area contributed by atoms with E-state index in [1.54, 1.807) is 0 Å². The fourth-order valence-corrected chi connectivity index (χ4v) is 0.889. The third kappa shape index (κ3) is 15.6. The lowest BCUT2D eigenvalue weighted by Crippen LogP contribution is -2.54. The molecular formula is C17H27N3O7S. The highest BCUT2D eigenvalue weighted by molar-refractivity contribution is 7.84. The minimum absolute atomic E-state index is 0.604. The number of guanidine groups is 1. The van der Waals surface area contributed by atoms with Gasteiger partial charge in [-0.2, -0.15) is 0 Å². The van der Waals surface area contributed by atoms with Crippen LogP contribution in [0.15, 0.2) is 24.2 Å². The van der Waals surface area contributed by atoms with Crippen molar-refractivity contribution in [2.75, 3.05) is 19.3 Å². The average Bonchev–Trinajstić information content (AvgIpc) is 2.91. The summed E-state index contributed by atoms with van der Waals surface area (Å²) in [5.41, 5.74) is -2.11. The summed E-state index contributed by atoms with van der Waals surface area (Å²) in [4.78, 5) is 25.3. The van der Waals surface area contributed by atoms with Gasteiger partial charge in [-0.3, -0.25) is 21.2 Å². The van der Waals surface area contributed by atoms with Gasteiger partial charge in [-0.15, -0.1) is 0 Å². The molecule has 0 unspecified atom stereocenters. The number of hydrogen-bond acceptors (Lipinski definition) is 7. The Morgan fingerprint density at radius 2 is 2.11 bits per heavy atom. The van der Waals surface area contributed by atoms with Crippen molar-refractivity contribution in [3.8, 4) is 5.75 Å². The van der Waals surface area contributed by atoms with Crippen molar-refractivity contribution in [2.45, 2.75) is 32.3 Å². The Labute approximate surface area is 198 Å². The highest BCUT2D eigenvalue weighted by Crippen LogP contribution is 2.14. The van der Waals surface area contributed by atoms with Gasteiger partial charge in [0.15, 0.2) is 0 Å². The standard InChI is InChI=1S/C16H23N3O4.CH4O3S/c1-2-22-15(21)12-7-9-13(10-8-12)23-14(20)6-4-3-5-11-19-16(17)18;1-5(2,3)4/h7-10H,2-6,11H2,1H3,(H4,17,18,19);1H3,(H,2,3,4)/i1D3,2D2,3D2,4D2,5D2,6D2,7D,8D,9D,10D,11D2;/hD5. The second-order valence-electron chi connectivity index (χ2n) is 3.81. The summed E-state index contributed by atoms with van der Waals surface area (Å²) in [5.74, 6) is -7.82. The Bertz CT molecular complexity index is 1640. The fourth-order valence-electron chi connectivity index (χ4n) is 0.889. The van der Waals surface area contributed by atoms with Gasteiger partial charge >= 0.3 is 17.9 Å². The van der Waals surface area contributed by atoms with Gasteiger partial charge < -0.3 is 14.0 Å². The number of nitrogens with one attached hydrogen (secondary N) is 1. The number of carbonyl (C=O) groups is 2. The number of ether oxygens (including phenoxy) is 2. The van der Waals surface area contributed by atoms with E-state index in [1.165, 1.54) is 0 Å². The summed E-state index contributed by atoms with van der Waals surface area (Å²) in [6.07, 6.45) is -17.4. The van der Waals surface area contributed by atoms with Crippen molar-refractivity contribution in [1.82, 2.24) is 5.31 Å². The molecule has 0 saturated heterocycles. The lowest BCUT2D eigenvalue weighted by Gasteiger charge is -2.06. The zero-order valence-corrected chi connectivity index (χ0v) is 14.4. The minimum Gasteiger partial charge on any atom is -0.748 e. The molecule has 5 N–H and O–H groups in total. The van der Waals surface area contributed by atoms with Crippen LogP contribution in [-0.4, -0.2) is 50.2 Å². The summed E-state index contributed by atoms with van der Waals surface area (Å²) in [7, 11) is -3.92. The van der Waals surface area contributed by atoms with Gasteiger partial charge in [-0.1, -0.05) is 0 Å². The Balaban J connectivity index is 0.00000484. The van der Waals surface area contributed by atoms with Crippen LogP contribution in [0.1, 0.15) is 68.7 Å². The molecule has 158 valence electrons. The van der Waals surface area contributed by atoms with Gasteiger partial charge in [0.2, 0.25) is 0 Å². The van der Waals surface area contributed by atoms with Crippen molar-refractivity contribution in [3.05, 3.63) is 29.7 Å². The van der Waals surface area contributed by atoms with Gasteiger partial charge in [0.25, 0.3) is 7.06 Å². The molecule has 0 aromatic heterocycles. The van der Waals surface area contributed by atoms with Crippen molar-refractivity contribution in [1.29, 1.82) is 0 Å². The maximum Gasteiger partial charge on any atom is 0.338 e. The van der Waals surface area contributed by atoms with Crippen molar-refractivity contribution < 1.29 is 70.5 Å². The quantitative estimate of drug-likeness (QED) is 0.145. The van der Waals surface area contributed by atoms with E-state index in [2.05, 4.69) is 9.47 Å². The molecule has 0 bridgehead atoms. The van der Waals surface area contributed by atoms with Crippen LogP contribution in [-0.2, 0) is 19.6 Å². The second kappa shape index (κ2) is 13.5. The van der Waals surface area contributed by atoms with E-state index in [9.17, 15) is 9.59 Å². The number of esters is 2. The first kappa shape index (κ1) is 6.42. The predicted molar refractivity (Wildman–Crippen MR) is 101 cm³/mol. The van der Waals surface area contributed by atoms with E-state index in [1.807, 2.05) is 0 Å². The predicted octanol–water partition coefficient (Wildman–Crippen LogP) is -0.846. The molecule has 1 aromatic carbocycles. The normalized spacial score (nSPS) is 25.9. The molecule has 0 fully saturated rings. The molecule has 1 rings (SSSR count). The van der Waals surface area contributed by atoms with Gasteiger partial charge in [-0.05, 0) is 50.1 Å². The zero-order chi connectivity index (χ0) is 42.3. The largest absolute Gasteiger partial charge is 0.748 e. The van der Waals surface area contributed by atoms with E-state index < -0.39 is 125 Å². The zero-order valence-electron chi connectivity index (χ0n) is 37.6. The summed E-state index contributed by atoms with van der Waals surface area (Å²) in [6.45, 7) is -11.5. The Hall–Kier alpha value is -2.66. The Kier molecular flexibility index (Phi) is 3.10. The molecule has 0 heterocycles. The number of hydrogen-bond donors (Lipinski definition) is 3. The molecule has 0 atom stereocenters. The molecule has 0 radical (unpaired) electrons. The molecule has 0 saturated carbocycles. The summed E-state index contributed by atoms with van der Waals surface area (Å²) in [6, 6.07) is -5.90. The summed E-state index contributed by atoms with van der Waals surface area (Å²) in [5, 5.41) is -1.59. The van der Waals surface area contributed by atoms with E-state index in [0.29, 0.717) is 6.26 Å². The van der Waals surface area contributed by atoms with Crippen LogP contribution in [0.25, 0.3) is 0 Å². The van der Waals surface area contributed by atoms with E-state index in [-0.39, 0.29) is 0 Å². The Morgan fingerprint density at radius 1 is 1.43 bits per heavy atom. The van der Waals surface area contributed by atoms with Crippen molar-refractivity contribution in [3.63, 3.8) is 0 Å². The molecule has 0 amide bonds.